The molecule has 7 rings (SSSR count). The summed E-state index contributed by atoms with van der Waals surface area (Å²) >= 11 is 14.7. The molecule has 3 N–H and O–H groups in total. The molecule has 14 heteroatoms. The SMILES string of the molecule is CCOc1cc([C@H]2C3=CC[C@@H]4C(=O)N(c5ccc(C(=O)O)c(O)c5)C(=O)[C@@H]4[C@@H]3C[C@@]3(Cl)C(=O)N(c4ccc(F)cc4)C(=O)[C@@]23Cl)ccc1O. The normalized spacial score (nSPS) is 29.0. The average molecular weight is 710 g/mol. The minimum absolute atomic E-state index is 0.0306. The van der Waals surface area contributed by atoms with Crippen LogP contribution in [0.5, 0.6) is 17.2 Å². The van der Waals surface area contributed by atoms with Gasteiger partial charge in [-0.25, -0.2) is 19.0 Å². The van der Waals surface area contributed by atoms with Crippen molar-refractivity contribution in [1.82, 2.24) is 0 Å². The summed E-state index contributed by atoms with van der Waals surface area (Å²) in [6.07, 6.45) is 1.45. The maximum absolute atomic E-state index is 14.5. The van der Waals surface area contributed by atoms with Crippen LogP contribution >= 0.6 is 23.2 Å². The largest absolute Gasteiger partial charge is 0.507 e. The number of hydrogen-bond acceptors (Lipinski definition) is 8. The van der Waals surface area contributed by atoms with Crippen molar-refractivity contribution >= 4 is 64.2 Å². The Morgan fingerprint density at radius 2 is 1.59 bits per heavy atom. The van der Waals surface area contributed by atoms with Gasteiger partial charge in [0.25, 0.3) is 11.8 Å². The quantitative estimate of drug-likeness (QED) is 0.180. The molecule has 3 aromatic rings. The van der Waals surface area contributed by atoms with E-state index in [-0.39, 0.29) is 42.3 Å². The van der Waals surface area contributed by atoms with Crippen molar-refractivity contribution < 1.29 is 48.4 Å². The maximum Gasteiger partial charge on any atom is 0.339 e. The lowest BCUT2D eigenvalue weighted by molar-refractivity contribution is -0.125. The third-order valence-electron chi connectivity index (χ3n) is 9.98. The number of alkyl halides is 2. The van der Waals surface area contributed by atoms with Gasteiger partial charge in [-0.2, -0.15) is 0 Å². The second kappa shape index (κ2) is 11.3. The number of phenolic OH excluding ortho intramolecular Hbond substituents is 1. The van der Waals surface area contributed by atoms with Gasteiger partial charge in [0.1, 0.15) is 17.1 Å². The fourth-order valence-electron chi connectivity index (χ4n) is 7.85. The fraction of sp³-hybridized carbons (Fsp3) is 0.286. The number of carbonyl (C=O) groups excluding carboxylic acids is 4. The number of rotatable bonds is 6. The molecular weight excluding hydrogens is 682 g/mol. The molecule has 0 aromatic heterocycles. The van der Waals surface area contributed by atoms with E-state index < -0.39 is 80.1 Å². The molecule has 0 spiro atoms. The predicted molar refractivity (Wildman–Crippen MR) is 173 cm³/mol. The number of hydrogen-bond donors (Lipinski definition) is 3. The summed E-state index contributed by atoms with van der Waals surface area (Å²) in [4.78, 5) is 65.7. The number of aromatic hydroxyl groups is 2. The minimum atomic E-state index is -2.18. The molecule has 2 aliphatic heterocycles. The van der Waals surface area contributed by atoms with Crippen molar-refractivity contribution in [2.24, 2.45) is 17.8 Å². The summed E-state index contributed by atoms with van der Waals surface area (Å²) in [6, 6.07) is 12.3. The van der Waals surface area contributed by atoms with Crippen LogP contribution in [-0.4, -0.2) is 61.3 Å². The molecule has 49 heavy (non-hydrogen) atoms. The molecular formula is C35H27Cl2FN2O9. The predicted octanol–water partition coefficient (Wildman–Crippen LogP) is 5.10. The van der Waals surface area contributed by atoms with Gasteiger partial charge in [0, 0.05) is 12.0 Å². The lowest BCUT2D eigenvalue weighted by atomic mass is 9.56. The summed E-state index contributed by atoms with van der Waals surface area (Å²) in [7, 11) is 0. The van der Waals surface area contributed by atoms with Gasteiger partial charge in [0.05, 0.1) is 29.8 Å². The number of aromatic carboxylic acids is 1. The minimum Gasteiger partial charge on any atom is -0.507 e. The van der Waals surface area contributed by atoms with E-state index >= 15 is 0 Å². The number of carbonyl (C=O) groups is 5. The molecule has 3 fully saturated rings. The number of halogens is 3. The highest BCUT2D eigenvalue weighted by molar-refractivity contribution is 6.58. The van der Waals surface area contributed by atoms with Crippen molar-refractivity contribution in [3.63, 3.8) is 0 Å². The first-order chi connectivity index (χ1) is 23.2. The standard InChI is InChI=1S/C35H27Cl2FN2O9/c1-2-49-26-13-16(3-12-24(26)41)28-20-10-11-22-27(30(44)39(29(22)43)19-8-9-21(31(45)46)25(42)14-19)23(20)15-34(36)32(47)40(33(48)35(28,34)37)18-6-4-17(38)5-7-18/h3-10,12-14,22-23,27-28,41-42H,2,11,15H2,1H3,(H,45,46)/t22-,23+,27-,28-,34+,35-/m0/s1. The monoisotopic (exact) mass is 708 g/mol. The van der Waals surface area contributed by atoms with Gasteiger partial charge >= 0.3 is 5.97 Å². The maximum atomic E-state index is 14.5. The lowest BCUT2D eigenvalue weighted by Gasteiger charge is -2.50. The molecule has 0 bridgehead atoms. The second-order valence-corrected chi connectivity index (χ2v) is 13.7. The van der Waals surface area contributed by atoms with Crippen LogP contribution in [0.15, 0.2) is 72.3 Å². The zero-order chi connectivity index (χ0) is 35.2. The van der Waals surface area contributed by atoms with Crippen LogP contribution in [0.4, 0.5) is 15.8 Å². The van der Waals surface area contributed by atoms with Gasteiger partial charge in [-0.3, -0.25) is 19.2 Å². The molecule has 4 aliphatic rings. The number of ether oxygens (including phenoxy) is 1. The van der Waals surface area contributed by atoms with Crippen LogP contribution in [0.3, 0.4) is 0 Å². The van der Waals surface area contributed by atoms with Crippen molar-refractivity contribution in [1.29, 1.82) is 0 Å². The first-order valence-electron chi connectivity index (χ1n) is 15.4. The zero-order valence-electron chi connectivity index (χ0n) is 25.6. The summed E-state index contributed by atoms with van der Waals surface area (Å²) in [6.45, 7) is 1.90. The Balaban J connectivity index is 1.38. The summed E-state index contributed by atoms with van der Waals surface area (Å²) in [5, 5.41) is 30.2. The number of fused-ring (bicyclic) bond motifs is 4. The van der Waals surface area contributed by atoms with Crippen LogP contribution in [-0.2, 0) is 19.2 Å². The fourth-order valence-corrected chi connectivity index (χ4v) is 8.78. The number of nitrogens with zero attached hydrogens (tertiary/aromatic N) is 2. The van der Waals surface area contributed by atoms with E-state index in [9.17, 15) is 43.7 Å². The molecule has 2 aliphatic carbocycles. The van der Waals surface area contributed by atoms with Crippen LogP contribution in [0, 0.1) is 23.6 Å². The molecule has 0 radical (unpaired) electrons. The molecule has 6 atom stereocenters. The van der Waals surface area contributed by atoms with E-state index in [1.165, 1.54) is 36.4 Å². The van der Waals surface area contributed by atoms with E-state index in [0.717, 1.165) is 34.1 Å². The Labute approximate surface area is 288 Å². The molecule has 3 aromatic carbocycles. The van der Waals surface area contributed by atoms with Gasteiger partial charge in [-0.05, 0) is 79.8 Å². The Morgan fingerprint density at radius 1 is 0.898 bits per heavy atom. The van der Waals surface area contributed by atoms with Crippen molar-refractivity contribution in [2.75, 3.05) is 16.4 Å². The van der Waals surface area contributed by atoms with Crippen LogP contribution in [0.1, 0.15) is 41.6 Å². The third-order valence-corrected chi connectivity index (χ3v) is 11.4. The Kier molecular flexibility index (Phi) is 7.53. The highest BCUT2D eigenvalue weighted by Gasteiger charge is 2.76. The number of carboxylic acids is 1. The lowest BCUT2D eigenvalue weighted by Crippen LogP contribution is -2.60. The van der Waals surface area contributed by atoms with Crippen LogP contribution in [0.25, 0.3) is 0 Å². The highest BCUT2D eigenvalue weighted by atomic mass is 35.5. The Bertz CT molecular complexity index is 2020. The van der Waals surface area contributed by atoms with E-state index in [4.69, 9.17) is 27.9 Å². The Hall–Kier alpha value is -4.94. The van der Waals surface area contributed by atoms with Gasteiger partial charge in [0.15, 0.2) is 21.2 Å². The van der Waals surface area contributed by atoms with Gasteiger partial charge < -0.3 is 20.1 Å². The van der Waals surface area contributed by atoms with E-state index in [2.05, 4.69) is 0 Å². The van der Waals surface area contributed by atoms with Crippen molar-refractivity contribution in [2.45, 2.75) is 35.4 Å². The van der Waals surface area contributed by atoms with Crippen LogP contribution < -0.4 is 14.5 Å². The first kappa shape index (κ1) is 32.6. The van der Waals surface area contributed by atoms with Gasteiger partial charge in [-0.1, -0.05) is 17.7 Å². The summed E-state index contributed by atoms with van der Waals surface area (Å²) < 4.78 is 19.5. The number of phenols is 2. The van der Waals surface area contributed by atoms with Gasteiger partial charge in [-0.15, -0.1) is 23.2 Å². The van der Waals surface area contributed by atoms with Gasteiger partial charge in [0.2, 0.25) is 11.8 Å². The number of imide groups is 2. The smallest absolute Gasteiger partial charge is 0.339 e. The highest BCUT2D eigenvalue weighted by Crippen LogP contribution is 2.66. The molecule has 2 heterocycles. The third kappa shape index (κ3) is 4.50. The van der Waals surface area contributed by atoms with Crippen LogP contribution in [0.2, 0.25) is 0 Å². The molecule has 1 saturated carbocycles. The molecule has 4 amide bonds. The first-order valence-corrected chi connectivity index (χ1v) is 16.1. The summed E-state index contributed by atoms with van der Waals surface area (Å²) in [5.74, 6) is -9.82. The zero-order valence-corrected chi connectivity index (χ0v) is 27.1. The number of carboxylic acid groups (broad SMARTS) is 1. The summed E-state index contributed by atoms with van der Waals surface area (Å²) in [5.41, 5.74) is 0.401. The molecule has 11 nitrogen and oxygen atoms in total. The van der Waals surface area contributed by atoms with E-state index in [1.54, 1.807) is 13.0 Å². The number of amides is 4. The number of benzene rings is 3. The number of anilines is 2. The second-order valence-electron chi connectivity index (χ2n) is 12.4. The molecule has 2 saturated heterocycles. The van der Waals surface area contributed by atoms with Crippen molar-refractivity contribution in [3.05, 3.63) is 89.3 Å². The molecule has 0 unspecified atom stereocenters. The average Bonchev–Trinajstić information content (AvgIpc) is 3.40. The topological polar surface area (TPSA) is 162 Å². The Morgan fingerprint density at radius 3 is 2.24 bits per heavy atom. The molecule has 252 valence electrons. The van der Waals surface area contributed by atoms with E-state index in [0.29, 0.717) is 11.1 Å². The van der Waals surface area contributed by atoms with E-state index in [1.807, 2.05) is 0 Å². The number of allylic oxidation sites excluding steroid dienone is 2. The van der Waals surface area contributed by atoms with Crippen molar-refractivity contribution in [3.8, 4) is 17.2 Å².